The molecule has 1 saturated carbocycles. The van der Waals surface area contributed by atoms with Crippen LogP contribution in [0.1, 0.15) is 37.7 Å². The van der Waals surface area contributed by atoms with Crippen molar-refractivity contribution >= 4 is 0 Å². The van der Waals surface area contributed by atoms with E-state index in [1.54, 1.807) is 6.07 Å². The minimum Gasteiger partial charge on any atom is -0.508 e. The molecule has 0 radical (unpaired) electrons. The highest BCUT2D eigenvalue weighted by atomic mass is 16.3. The highest BCUT2D eigenvalue weighted by Crippen LogP contribution is 2.40. The van der Waals surface area contributed by atoms with E-state index in [-0.39, 0.29) is 0 Å². The lowest BCUT2D eigenvalue weighted by Crippen LogP contribution is -1.93. The molecule has 2 unspecified atom stereocenters. The fourth-order valence-corrected chi connectivity index (χ4v) is 2.32. The van der Waals surface area contributed by atoms with E-state index >= 15 is 0 Å². The number of benzene rings is 1. The van der Waals surface area contributed by atoms with Crippen LogP contribution in [-0.2, 0) is 0 Å². The van der Waals surface area contributed by atoms with Gasteiger partial charge in [-0.25, -0.2) is 0 Å². The van der Waals surface area contributed by atoms with E-state index in [0.29, 0.717) is 11.7 Å². The van der Waals surface area contributed by atoms with Crippen LogP contribution in [-0.4, -0.2) is 5.11 Å². The van der Waals surface area contributed by atoms with E-state index in [2.05, 4.69) is 13.0 Å². The average molecular weight is 176 g/mol. The molecule has 1 fully saturated rings. The molecule has 0 bridgehead atoms. The summed E-state index contributed by atoms with van der Waals surface area (Å²) in [5.74, 6) is 1.89. The molecule has 1 aliphatic carbocycles. The Morgan fingerprint density at radius 3 is 2.62 bits per heavy atom. The number of rotatable bonds is 1. The Bertz CT molecular complexity index is 293. The molecule has 0 aromatic heterocycles. The molecule has 1 aliphatic rings. The lowest BCUT2D eigenvalue weighted by molar-refractivity contribution is 0.459. The molecule has 1 nitrogen and oxygen atoms in total. The molecule has 1 aromatic rings. The summed E-state index contributed by atoms with van der Waals surface area (Å²) in [6.07, 6.45) is 3.77. The van der Waals surface area contributed by atoms with E-state index in [4.69, 9.17) is 0 Å². The van der Waals surface area contributed by atoms with Gasteiger partial charge in [0.05, 0.1) is 0 Å². The Morgan fingerprint density at radius 2 is 2.00 bits per heavy atom. The number of aromatic hydroxyl groups is 1. The maximum absolute atomic E-state index is 9.66. The number of phenolic OH excluding ortho intramolecular Hbond substituents is 1. The van der Waals surface area contributed by atoms with Gasteiger partial charge in [-0.3, -0.25) is 0 Å². The molecular formula is C12H16O. The van der Waals surface area contributed by atoms with Gasteiger partial charge in [0, 0.05) is 0 Å². The van der Waals surface area contributed by atoms with Crippen LogP contribution in [0.15, 0.2) is 24.3 Å². The molecule has 0 aliphatic heterocycles. The first-order valence-electron chi connectivity index (χ1n) is 5.05. The summed E-state index contributed by atoms with van der Waals surface area (Å²) in [6.45, 7) is 2.29. The maximum atomic E-state index is 9.66. The van der Waals surface area contributed by atoms with E-state index in [9.17, 15) is 5.11 Å². The van der Waals surface area contributed by atoms with Crippen LogP contribution in [0.5, 0.6) is 5.75 Å². The predicted octanol–water partition coefficient (Wildman–Crippen LogP) is 3.30. The van der Waals surface area contributed by atoms with Gasteiger partial charge in [-0.2, -0.15) is 0 Å². The molecule has 1 N–H and O–H groups in total. The molecule has 2 rings (SSSR count). The summed E-state index contributed by atoms with van der Waals surface area (Å²) < 4.78 is 0. The summed E-state index contributed by atoms with van der Waals surface area (Å²) in [5, 5.41) is 9.66. The van der Waals surface area contributed by atoms with Crippen molar-refractivity contribution in [3.63, 3.8) is 0 Å². The van der Waals surface area contributed by atoms with Gasteiger partial charge in [0.1, 0.15) is 5.75 Å². The quantitative estimate of drug-likeness (QED) is 0.696. The largest absolute Gasteiger partial charge is 0.508 e. The van der Waals surface area contributed by atoms with Crippen LogP contribution in [0, 0.1) is 5.92 Å². The Kier molecular flexibility index (Phi) is 2.26. The second-order valence-electron chi connectivity index (χ2n) is 4.17. The van der Waals surface area contributed by atoms with Gasteiger partial charge in [-0.1, -0.05) is 31.5 Å². The van der Waals surface area contributed by atoms with Gasteiger partial charge >= 0.3 is 0 Å². The Balaban J connectivity index is 2.21. The van der Waals surface area contributed by atoms with Crippen molar-refractivity contribution in [1.29, 1.82) is 0 Å². The molecule has 0 saturated heterocycles. The van der Waals surface area contributed by atoms with Gasteiger partial charge in [0.25, 0.3) is 0 Å². The van der Waals surface area contributed by atoms with Crippen molar-refractivity contribution in [1.82, 2.24) is 0 Å². The number of hydrogen-bond acceptors (Lipinski definition) is 1. The standard InChI is InChI=1S/C12H16O/c1-9-6-7-10(8-9)11-4-2-3-5-12(11)13/h2-5,9-10,13H,6-8H2,1H3. The third-order valence-corrected chi connectivity index (χ3v) is 3.07. The third-order valence-electron chi connectivity index (χ3n) is 3.07. The van der Waals surface area contributed by atoms with Crippen LogP contribution in [0.3, 0.4) is 0 Å². The summed E-state index contributed by atoms with van der Waals surface area (Å²) in [7, 11) is 0. The van der Waals surface area contributed by atoms with Gasteiger partial charge in [0.2, 0.25) is 0 Å². The molecule has 0 heterocycles. The van der Waals surface area contributed by atoms with Crippen LogP contribution >= 0.6 is 0 Å². The normalized spacial score (nSPS) is 27.8. The smallest absolute Gasteiger partial charge is 0.119 e. The summed E-state index contributed by atoms with van der Waals surface area (Å²) in [6, 6.07) is 7.74. The van der Waals surface area contributed by atoms with Gasteiger partial charge in [-0.05, 0) is 36.3 Å². The lowest BCUT2D eigenvalue weighted by Gasteiger charge is -2.11. The molecular weight excluding hydrogens is 160 g/mol. The van der Waals surface area contributed by atoms with Crippen LogP contribution in [0.25, 0.3) is 0 Å². The summed E-state index contributed by atoms with van der Waals surface area (Å²) in [5.41, 5.74) is 1.15. The third kappa shape index (κ3) is 1.69. The fraction of sp³-hybridized carbons (Fsp3) is 0.500. The van der Waals surface area contributed by atoms with Crippen molar-refractivity contribution in [2.75, 3.05) is 0 Å². The highest BCUT2D eigenvalue weighted by molar-refractivity contribution is 5.35. The second-order valence-corrected chi connectivity index (χ2v) is 4.17. The van der Waals surface area contributed by atoms with E-state index in [0.717, 1.165) is 11.5 Å². The predicted molar refractivity (Wildman–Crippen MR) is 53.9 cm³/mol. The van der Waals surface area contributed by atoms with Crippen molar-refractivity contribution in [3.8, 4) is 5.75 Å². The summed E-state index contributed by atoms with van der Waals surface area (Å²) in [4.78, 5) is 0. The zero-order valence-electron chi connectivity index (χ0n) is 8.03. The number of para-hydroxylation sites is 1. The molecule has 0 spiro atoms. The molecule has 1 aromatic carbocycles. The molecule has 2 atom stereocenters. The summed E-state index contributed by atoms with van der Waals surface area (Å²) >= 11 is 0. The molecule has 70 valence electrons. The lowest BCUT2D eigenvalue weighted by atomic mass is 9.96. The first kappa shape index (κ1) is 8.61. The van der Waals surface area contributed by atoms with Crippen molar-refractivity contribution in [2.45, 2.75) is 32.1 Å². The van der Waals surface area contributed by atoms with E-state index in [1.807, 2.05) is 12.1 Å². The van der Waals surface area contributed by atoms with Crippen LogP contribution < -0.4 is 0 Å². The van der Waals surface area contributed by atoms with Crippen molar-refractivity contribution in [2.24, 2.45) is 5.92 Å². The van der Waals surface area contributed by atoms with Gasteiger partial charge < -0.3 is 5.11 Å². The Labute approximate surface area is 79.4 Å². The van der Waals surface area contributed by atoms with Crippen LogP contribution in [0.4, 0.5) is 0 Å². The van der Waals surface area contributed by atoms with Crippen molar-refractivity contribution in [3.05, 3.63) is 29.8 Å². The minimum atomic E-state index is 0.474. The molecule has 0 amide bonds. The SMILES string of the molecule is CC1CCC(c2ccccc2O)C1. The first-order valence-corrected chi connectivity index (χ1v) is 5.05. The number of hydrogen-bond donors (Lipinski definition) is 1. The monoisotopic (exact) mass is 176 g/mol. The highest BCUT2D eigenvalue weighted by Gasteiger charge is 2.24. The maximum Gasteiger partial charge on any atom is 0.119 e. The fourth-order valence-electron chi connectivity index (χ4n) is 2.32. The first-order chi connectivity index (χ1) is 6.27. The number of phenols is 1. The van der Waals surface area contributed by atoms with E-state index < -0.39 is 0 Å². The second kappa shape index (κ2) is 3.41. The van der Waals surface area contributed by atoms with E-state index in [1.165, 1.54) is 19.3 Å². The van der Waals surface area contributed by atoms with Crippen molar-refractivity contribution < 1.29 is 5.11 Å². The molecule has 1 heteroatoms. The van der Waals surface area contributed by atoms with Crippen LogP contribution in [0.2, 0.25) is 0 Å². The zero-order chi connectivity index (χ0) is 9.26. The molecule has 13 heavy (non-hydrogen) atoms. The Morgan fingerprint density at radius 1 is 1.23 bits per heavy atom. The average Bonchev–Trinajstić information content (AvgIpc) is 2.53. The minimum absolute atomic E-state index is 0.474. The Hall–Kier alpha value is -0.980. The zero-order valence-corrected chi connectivity index (χ0v) is 8.03. The van der Waals surface area contributed by atoms with Gasteiger partial charge in [-0.15, -0.1) is 0 Å². The topological polar surface area (TPSA) is 20.2 Å². The van der Waals surface area contributed by atoms with Gasteiger partial charge in [0.15, 0.2) is 0 Å².